The van der Waals surface area contributed by atoms with Gasteiger partial charge in [0, 0.05) is 25.9 Å². The molecule has 2 N–H and O–H groups in total. The van der Waals surface area contributed by atoms with Gasteiger partial charge in [0.2, 0.25) is 5.91 Å². The summed E-state index contributed by atoms with van der Waals surface area (Å²) in [4.78, 5) is 44.5. The van der Waals surface area contributed by atoms with Gasteiger partial charge in [-0.3, -0.25) is 19.3 Å². The highest BCUT2D eigenvalue weighted by Crippen LogP contribution is 2.48. The van der Waals surface area contributed by atoms with Gasteiger partial charge in [-0.1, -0.05) is 60.3 Å². The Labute approximate surface area is 261 Å². The minimum Gasteiger partial charge on any atom is -0.321 e. The molecular weight excluding hydrogens is 595 g/mol. The number of anilines is 3. The summed E-state index contributed by atoms with van der Waals surface area (Å²) in [6.07, 6.45) is 1.65. The number of rotatable bonds is 8. The predicted molar refractivity (Wildman–Crippen MR) is 176 cm³/mol. The summed E-state index contributed by atoms with van der Waals surface area (Å²) in [5.74, 6) is -0.655. The van der Waals surface area contributed by atoms with Crippen molar-refractivity contribution in [2.24, 2.45) is 0 Å². The zero-order valence-electron chi connectivity index (χ0n) is 22.7. The van der Waals surface area contributed by atoms with E-state index in [0.717, 1.165) is 31.6 Å². The van der Waals surface area contributed by atoms with E-state index < -0.39 is 5.91 Å². The molecule has 0 aliphatic carbocycles. The molecule has 0 bridgehead atoms. The fourth-order valence-corrected chi connectivity index (χ4v) is 6.99. The van der Waals surface area contributed by atoms with E-state index in [1.807, 2.05) is 89.6 Å². The largest absolute Gasteiger partial charge is 0.321 e. The maximum atomic E-state index is 13.6. The van der Waals surface area contributed by atoms with Crippen molar-refractivity contribution in [3.63, 3.8) is 0 Å². The summed E-state index contributed by atoms with van der Waals surface area (Å²) in [7, 11) is 0. The van der Waals surface area contributed by atoms with Gasteiger partial charge in [0.25, 0.3) is 11.8 Å². The lowest BCUT2D eigenvalue weighted by Crippen LogP contribution is -2.30. The first kappa shape index (κ1) is 28.5. The van der Waals surface area contributed by atoms with E-state index in [0.29, 0.717) is 11.3 Å². The molecular formula is C34H25N3O3S3. The lowest BCUT2D eigenvalue weighted by atomic mass is 10.2. The number of hydrogen-bond acceptors (Lipinski definition) is 6. The smallest absolute Gasteiger partial charge is 0.272 e. The molecule has 6 rings (SSSR count). The maximum Gasteiger partial charge on any atom is 0.272 e. The van der Waals surface area contributed by atoms with E-state index in [1.54, 1.807) is 53.1 Å². The molecule has 2 heterocycles. The summed E-state index contributed by atoms with van der Waals surface area (Å²) >= 11 is 4.56. The van der Waals surface area contributed by atoms with Gasteiger partial charge in [-0.2, -0.15) is 11.3 Å². The molecule has 1 aliphatic heterocycles. The van der Waals surface area contributed by atoms with Gasteiger partial charge in [-0.15, -0.1) is 11.8 Å². The van der Waals surface area contributed by atoms with E-state index >= 15 is 0 Å². The Balaban J connectivity index is 1.16. The van der Waals surface area contributed by atoms with Crippen LogP contribution in [0.5, 0.6) is 0 Å². The molecule has 5 aromatic rings. The fraction of sp³-hybridized carbons (Fsp3) is 0.0294. The molecule has 0 saturated carbocycles. The van der Waals surface area contributed by atoms with Crippen LogP contribution in [0.25, 0.3) is 6.08 Å². The average molecular weight is 620 g/mol. The standard InChI is InChI=1S/C34H25N3O3S3/c38-32(37-28-13-4-6-15-30(28)43-31-16-7-5-14-29(31)37)22-42-26-12-8-11-25(20-26)35-34(40)27(19-23-17-18-41-21-23)36-33(39)24-9-2-1-3-10-24/h1-21H,22H2,(H,35,40)(H,36,39)/b27-19+. The van der Waals surface area contributed by atoms with E-state index in [1.165, 1.54) is 23.1 Å². The maximum absolute atomic E-state index is 13.6. The number of thioether (sulfide) groups is 1. The monoisotopic (exact) mass is 619 g/mol. The Hall–Kier alpha value is -4.57. The second kappa shape index (κ2) is 13.2. The molecule has 0 spiro atoms. The lowest BCUT2D eigenvalue weighted by molar-refractivity contribution is -0.115. The molecule has 0 unspecified atom stereocenters. The number of carbonyl (C=O) groups excluding carboxylic acids is 3. The van der Waals surface area contributed by atoms with Gasteiger partial charge < -0.3 is 10.6 Å². The van der Waals surface area contributed by atoms with Crippen molar-refractivity contribution in [3.05, 3.63) is 137 Å². The molecule has 212 valence electrons. The van der Waals surface area contributed by atoms with Crippen molar-refractivity contribution in [2.75, 3.05) is 16.0 Å². The Bertz CT molecular complexity index is 1780. The number of thiophene rings is 1. The first-order valence-electron chi connectivity index (χ1n) is 13.4. The zero-order valence-corrected chi connectivity index (χ0v) is 25.2. The van der Waals surface area contributed by atoms with Crippen LogP contribution < -0.4 is 15.5 Å². The number of fused-ring (bicyclic) bond motifs is 2. The summed E-state index contributed by atoms with van der Waals surface area (Å²) in [6.45, 7) is 0. The Kier molecular flexibility index (Phi) is 8.74. The lowest BCUT2D eigenvalue weighted by Gasteiger charge is -2.31. The van der Waals surface area contributed by atoms with Crippen LogP contribution >= 0.6 is 34.9 Å². The van der Waals surface area contributed by atoms with Crippen LogP contribution in [-0.4, -0.2) is 23.5 Å². The fourth-order valence-electron chi connectivity index (χ4n) is 4.51. The first-order valence-corrected chi connectivity index (χ1v) is 16.1. The van der Waals surface area contributed by atoms with Crippen LogP contribution in [0.1, 0.15) is 15.9 Å². The minimum absolute atomic E-state index is 0.0377. The molecule has 4 aromatic carbocycles. The third-order valence-electron chi connectivity index (χ3n) is 6.52. The number of para-hydroxylation sites is 2. The highest BCUT2D eigenvalue weighted by Gasteiger charge is 2.27. The number of carbonyl (C=O) groups is 3. The molecule has 0 radical (unpaired) electrons. The molecule has 1 aromatic heterocycles. The second-order valence-electron chi connectivity index (χ2n) is 9.47. The van der Waals surface area contributed by atoms with Gasteiger partial charge in [0.05, 0.1) is 17.1 Å². The summed E-state index contributed by atoms with van der Waals surface area (Å²) in [6, 6.07) is 33.8. The van der Waals surface area contributed by atoms with Gasteiger partial charge in [0.15, 0.2) is 0 Å². The van der Waals surface area contributed by atoms with Crippen LogP contribution in [0.4, 0.5) is 17.1 Å². The molecule has 6 nitrogen and oxygen atoms in total. The van der Waals surface area contributed by atoms with E-state index in [2.05, 4.69) is 10.6 Å². The normalized spacial score (nSPS) is 12.2. The van der Waals surface area contributed by atoms with Gasteiger partial charge in [-0.05, 0) is 83.1 Å². The van der Waals surface area contributed by atoms with Gasteiger partial charge in [-0.25, -0.2) is 0 Å². The molecule has 3 amide bonds. The van der Waals surface area contributed by atoms with Crippen LogP contribution in [0.3, 0.4) is 0 Å². The van der Waals surface area contributed by atoms with Crippen LogP contribution in [0.2, 0.25) is 0 Å². The quantitative estimate of drug-likeness (QED) is 0.136. The van der Waals surface area contributed by atoms with Crippen LogP contribution in [0.15, 0.2) is 140 Å². The minimum atomic E-state index is -0.451. The van der Waals surface area contributed by atoms with Crippen molar-refractivity contribution >= 4 is 75.7 Å². The average Bonchev–Trinajstić information content (AvgIpc) is 3.56. The van der Waals surface area contributed by atoms with Crippen molar-refractivity contribution in [3.8, 4) is 0 Å². The molecule has 0 fully saturated rings. The van der Waals surface area contributed by atoms with Crippen molar-refractivity contribution < 1.29 is 14.4 Å². The van der Waals surface area contributed by atoms with Crippen molar-refractivity contribution in [1.29, 1.82) is 0 Å². The highest BCUT2D eigenvalue weighted by molar-refractivity contribution is 8.00. The van der Waals surface area contributed by atoms with E-state index in [9.17, 15) is 14.4 Å². The number of amides is 3. The van der Waals surface area contributed by atoms with Crippen molar-refractivity contribution in [1.82, 2.24) is 5.32 Å². The number of benzene rings is 4. The van der Waals surface area contributed by atoms with Gasteiger partial charge >= 0.3 is 0 Å². The Morgan fingerprint density at radius 1 is 0.791 bits per heavy atom. The first-order chi connectivity index (χ1) is 21.0. The third kappa shape index (κ3) is 6.75. The molecule has 9 heteroatoms. The van der Waals surface area contributed by atoms with Gasteiger partial charge in [0.1, 0.15) is 5.70 Å². The highest BCUT2D eigenvalue weighted by atomic mass is 32.2. The topological polar surface area (TPSA) is 78.5 Å². The summed E-state index contributed by atoms with van der Waals surface area (Å²) in [5, 5.41) is 9.46. The van der Waals surface area contributed by atoms with E-state index in [4.69, 9.17) is 0 Å². The number of nitrogens with one attached hydrogen (secondary N) is 2. The SMILES string of the molecule is O=C(Nc1cccc(SCC(=O)N2c3ccccc3Sc3ccccc32)c1)/C(=C\c1ccsc1)NC(=O)c1ccccc1. The number of nitrogens with zero attached hydrogens (tertiary/aromatic N) is 1. The summed E-state index contributed by atoms with van der Waals surface area (Å²) < 4.78 is 0. The predicted octanol–water partition coefficient (Wildman–Crippen LogP) is 8.08. The van der Waals surface area contributed by atoms with Crippen molar-refractivity contribution in [2.45, 2.75) is 14.7 Å². The van der Waals surface area contributed by atoms with Crippen LogP contribution in [-0.2, 0) is 9.59 Å². The van der Waals surface area contributed by atoms with E-state index in [-0.39, 0.29) is 23.3 Å². The van der Waals surface area contributed by atoms with Crippen LogP contribution in [0, 0.1) is 0 Å². The molecule has 0 atom stereocenters. The Morgan fingerprint density at radius 3 is 2.19 bits per heavy atom. The number of hydrogen-bond donors (Lipinski definition) is 2. The molecule has 0 saturated heterocycles. The molecule has 1 aliphatic rings. The summed E-state index contributed by atoms with van der Waals surface area (Å²) in [5.41, 5.74) is 3.69. The molecule has 43 heavy (non-hydrogen) atoms. The second-order valence-corrected chi connectivity index (χ2v) is 12.4. The zero-order chi connectivity index (χ0) is 29.6. The third-order valence-corrected chi connectivity index (χ3v) is 9.33. The Morgan fingerprint density at radius 2 is 1.49 bits per heavy atom.